The van der Waals surface area contributed by atoms with Crippen molar-refractivity contribution in [3.05, 3.63) is 75.4 Å². The largest absolute Gasteiger partial charge is 0.468 e. The summed E-state index contributed by atoms with van der Waals surface area (Å²) >= 11 is 0. The highest BCUT2D eigenvalue weighted by Gasteiger charge is 2.45. The Morgan fingerprint density at radius 2 is 1.40 bits per heavy atom. The minimum absolute atomic E-state index is 0.0819. The summed E-state index contributed by atoms with van der Waals surface area (Å²) in [5, 5.41) is 0. The fraction of sp³-hybridized carbons (Fsp3) is 0.236. The van der Waals surface area contributed by atoms with Crippen molar-refractivity contribution >= 4 is 51.0 Å². The molecule has 2 N–H and O–H groups in total. The molecule has 5 heterocycles. The molecule has 0 spiro atoms. The highest BCUT2D eigenvalue weighted by Crippen LogP contribution is 2.48. The number of esters is 1. The Balaban J connectivity index is 1.28. The summed E-state index contributed by atoms with van der Waals surface area (Å²) in [5.74, 6) is 42.8. The number of hydrogen-bond acceptors (Lipinski definition) is 6. The minimum Gasteiger partial charge on any atom is -0.468 e. The van der Waals surface area contributed by atoms with Crippen molar-refractivity contribution in [2.45, 2.75) is 71.6 Å². The van der Waals surface area contributed by atoms with E-state index >= 15 is 0 Å². The third-order valence-corrected chi connectivity index (χ3v) is 10.9. The quantitative estimate of drug-likeness (QED) is 0.110. The van der Waals surface area contributed by atoms with Crippen LogP contribution in [0.1, 0.15) is 113 Å². The van der Waals surface area contributed by atoms with Crippen molar-refractivity contribution in [3.63, 3.8) is 0 Å². The third-order valence-electron chi connectivity index (χ3n) is 10.9. The number of carbonyl (C=O) groups excluding carboxylic acids is 2. The molecule has 3 aliphatic rings. The van der Waals surface area contributed by atoms with Crippen molar-refractivity contribution < 1.29 is 19.1 Å². The fourth-order valence-electron chi connectivity index (χ4n) is 7.81. The van der Waals surface area contributed by atoms with Gasteiger partial charge in [0, 0.05) is 110 Å². The molecule has 8 nitrogen and oxygen atoms in total. The molecule has 0 saturated carbocycles. The van der Waals surface area contributed by atoms with Gasteiger partial charge in [-0.15, -0.1) is 6.42 Å². The number of H-pyrrole nitrogens is 2. The van der Waals surface area contributed by atoms with E-state index < -0.39 is 11.9 Å². The number of ether oxygens (including phenoxy) is 2. The molecule has 3 aromatic heterocycles. The first-order chi connectivity index (χ1) is 30.6. The number of Topliss-reactive ketones (excluding diaryl/α,β-unsaturated/α-hetero) is 1. The molecule has 8 bridgehead atoms. The third kappa shape index (κ3) is 9.47. The van der Waals surface area contributed by atoms with Gasteiger partial charge in [-0.05, 0) is 128 Å². The maximum absolute atomic E-state index is 14.3. The molecule has 302 valence electrons. The van der Waals surface area contributed by atoms with Gasteiger partial charge in [0.2, 0.25) is 0 Å². The number of hydrogen-bond donors (Lipinski definition) is 2. The molecule has 0 radical (unpaired) electrons. The number of fused-ring (bicyclic) bond motifs is 8. The minimum atomic E-state index is -1.16. The van der Waals surface area contributed by atoms with Crippen LogP contribution in [0.4, 0.5) is 0 Å². The molecule has 63 heavy (non-hydrogen) atoms. The van der Waals surface area contributed by atoms with Crippen LogP contribution < -0.4 is 0 Å². The van der Waals surface area contributed by atoms with Crippen LogP contribution in [0.15, 0.2) is 24.8 Å². The second kappa shape index (κ2) is 20.4. The predicted molar refractivity (Wildman–Crippen MR) is 248 cm³/mol. The summed E-state index contributed by atoms with van der Waals surface area (Å²) in [4.78, 5) is 45.3. The maximum atomic E-state index is 14.3. The van der Waals surface area contributed by atoms with Gasteiger partial charge in [-0.25, -0.2) is 4.98 Å². The van der Waals surface area contributed by atoms with E-state index in [0.29, 0.717) is 41.8 Å². The van der Waals surface area contributed by atoms with Crippen LogP contribution in [-0.2, 0) is 14.3 Å². The van der Waals surface area contributed by atoms with E-state index in [1.807, 2.05) is 19.1 Å². The summed E-state index contributed by atoms with van der Waals surface area (Å²) in [7, 11) is 1.30. The highest BCUT2D eigenvalue weighted by atomic mass is 16.5. The number of aromatic amines is 2. The first kappa shape index (κ1) is 43.7. The zero-order chi connectivity index (χ0) is 44.9. The van der Waals surface area contributed by atoms with Crippen LogP contribution in [0.5, 0.6) is 0 Å². The topological polar surface area (TPSA) is 110 Å². The van der Waals surface area contributed by atoms with E-state index in [9.17, 15) is 9.59 Å². The van der Waals surface area contributed by atoms with Gasteiger partial charge < -0.3 is 19.4 Å². The number of nitrogens with one attached hydrogen (secondary N) is 2. The van der Waals surface area contributed by atoms with Gasteiger partial charge in [-0.1, -0.05) is 26.5 Å². The van der Waals surface area contributed by atoms with Crippen LogP contribution in [0, 0.1) is 133 Å². The molecule has 8 heteroatoms. The van der Waals surface area contributed by atoms with Crippen LogP contribution in [0.3, 0.4) is 0 Å². The second-order valence-corrected chi connectivity index (χ2v) is 14.3. The molecule has 0 amide bonds. The van der Waals surface area contributed by atoms with Crippen LogP contribution in [0.25, 0.3) is 39.3 Å². The van der Waals surface area contributed by atoms with Crippen molar-refractivity contribution in [1.82, 2.24) is 19.9 Å². The molecule has 2 aliphatic heterocycles. The second-order valence-electron chi connectivity index (χ2n) is 14.3. The van der Waals surface area contributed by atoms with Gasteiger partial charge in [0.1, 0.15) is 18.6 Å². The van der Waals surface area contributed by atoms with Gasteiger partial charge in [0.25, 0.3) is 0 Å². The molecule has 1 aliphatic carbocycles. The first-order valence-electron chi connectivity index (χ1n) is 19.9. The lowest BCUT2D eigenvalue weighted by Gasteiger charge is -2.18. The molecule has 3 unspecified atom stereocenters. The highest BCUT2D eigenvalue weighted by molar-refractivity contribution is 6.23. The smallest absolute Gasteiger partial charge is 0.321 e. The lowest BCUT2D eigenvalue weighted by Crippen LogP contribution is -2.21. The molecule has 0 aromatic carbocycles. The number of methoxy groups -OCH3 is 1. The number of aryl methyl sites for hydroxylation is 2. The number of carbonyl (C=O) groups is 2. The van der Waals surface area contributed by atoms with Gasteiger partial charge in [-0.3, -0.25) is 14.6 Å². The zero-order valence-electron chi connectivity index (χ0n) is 35.7. The molecule has 0 fully saturated rings. The number of terminal acetylenes is 1. The predicted octanol–water partition coefficient (Wildman–Crippen LogP) is 7.67. The number of aromatic nitrogens is 4. The van der Waals surface area contributed by atoms with Gasteiger partial charge in [0.05, 0.1) is 29.7 Å². The monoisotopic (exact) mass is 818 g/mol. The Hall–Kier alpha value is -8.86. The lowest BCUT2D eigenvalue weighted by molar-refractivity contribution is -0.141. The average molecular weight is 819 g/mol. The average Bonchev–Trinajstić information content (AvgIpc) is 4.02. The van der Waals surface area contributed by atoms with Crippen molar-refractivity contribution in [2.75, 3.05) is 13.7 Å². The van der Waals surface area contributed by atoms with Gasteiger partial charge >= 0.3 is 5.97 Å². The van der Waals surface area contributed by atoms with Gasteiger partial charge in [0.15, 0.2) is 5.78 Å². The molecular formula is C55H38N4O4. The van der Waals surface area contributed by atoms with Crippen molar-refractivity contribution in [3.8, 4) is 119 Å². The van der Waals surface area contributed by atoms with Gasteiger partial charge in [-0.2, -0.15) is 0 Å². The van der Waals surface area contributed by atoms with E-state index in [4.69, 9.17) is 25.9 Å². The summed E-state index contributed by atoms with van der Waals surface area (Å²) in [6.07, 6.45) is 11.5. The number of rotatable bonds is 7. The Morgan fingerprint density at radius 3 is 1.98 bits per heavy atom. The molecule has 6 rings (SSSR count). The van der Waals surface area contributed by atoms with E-state index in [0.717, 1.165) is 67.9 Å². The normalized spacial score (nSPS) is 14.5. The molecular weight excluding hydrogens is 781 g/mol. The maximum Gasteiger partial charge on any atom is 0.321 e. The van der Waals surface area contributed by atoms with E-state index in [2.05, 4.69) is 169 Å². The van der Waals surface area contributed by atoms with E-state index in [1.165, 1.54) is 7.11 Å². The molecule has 3 atom stereocenters. The summed E-state index contributed by atoms with van der Waals surface area (Å²) in [6, 6.07) is 6.13. The van der Waals surface area contributed by atoms with E-state index in [-0.39, 0.29) is 17.6 Å². The standard InChI is InChI=1S/C55H38N4O4/c1-9-12-13-14-15-16-17-18-19-20-21-22-23-24-25-26-27-28-31-63-32-29-30-42-38(6)45-33-43-36(4)40(10-2)47(56-43)34-44-37(5)41(11-3)48(57-44)35-46-39(7)49-53(59-46)50(52(42)58-45)51(54(49)60)55(61)62-8/h1,10,33-35,38,42,51,56,59H,2,11,29-30,32H2,3-8H3. The zero-order valence-corrected chi connectivity index (χ0v) is 35.7. The number of ketones is 1. The fourth-order valence-corrected chi connectivity index (χ4v) is 7.81. The molecule has 3 aromatic rings. The van der Waals surface area contributed by atoms with Crippen molar-refractivity contribution in [2.24, 2.45) is 0 Å². The first-order valence-corrected chi connectivity index (χ1v) is 19.9. The summed E-state index contributed by atoms with van der Waals surface area (Å²) in [6.45, 7) is 14.7. The van der Waals surface area contributed by atoms with E-state index in [1.54, 1.807) is 0 Å². The Kier molecular flexibility index (Phi) is 14.2. The Bertz CT molecular complexity index is 3350. The summed E-state index contributed by atoms with van der Waals surface area (Å²) < 4.78 is 10.9. The Morgan fingerprint density at radius 1 is 0.810 bits per heavy atom. The van der Waals surface area contributed by atoms with Crippen LogP contribution in [-0.4, -0.2) is 45.4 Å². The van der Waals surface area contributed by atoms with Crippen LogP contribution in [0.2, 0.25) is 0 Å². The van der Waals surface area contributed by atoms with Crippen molar-refractivity contribution in [1.29, 1.82) is 0 Å². The number of allylic oxidation sites excluding steroid dienone is 2. The Labute approximate surface area is 368 Å². The lowest BCUT2D eigenvalue weighted by atomic mass is 9.84. The van der Waals surface area contributed by atoms with Crippen LogP contribution >= 0.6 is 0 Å². The summed E-state index contributed by atoms with van der Waals surface area (Å²) in [5.41, 5.74) is 12.3. The number of nitrogens with zero attached hydrogens (tertiary/aromatic N) is 2. The molecule has 0 saturated heterocycles. The SMILES string of the molecule is C#CC#CC#CC#CC#CC#CC#CC#CC#CC#COCCCC1c2nc(cc3[nH]c(cc4nc(cc5[nH]c6c(c5C)C(=O)C(C(=O)OC)c26)C(CC)=C4C)c(C=C)c3C)C1C.